The van der Waals surface area contributed by atoms with Gasteiger partial charge in [-0.3, -0.25) is 0 Å². The fraction of sp³-hybridized carbons (Fsp3) is 0.625. The van der Waals surface area contributed by atoms with E-state index in [0.29, 0.717) is 0 Å². The maximum Gasteiger partial charge on any atom is 0.120 e. The van der Waals surface area contributed by atoms with E-state index in [-0.39, 0.29) is 6.10 Å². The molecule has 0 spiro atoms. The van der Waals surface area contributed by atoms with E-state index < -0.39 is 0 Å². The van der Waals surface area contributed by atoms with E-state index in [4.69, 9.17) is 9.47 Å². The first-order valence-corrected chi connectivity index (χ1v) is 7.27. The molecule has 1 aliphatic carbocycles. The maximum atomic E-state index is 5.96. The molecular weight excluding hydrogens is 238 g/mol. The number of benzene rings is 1. The number of ether oxygens (including phenoxy) is 2. The first-order chi connectivity index (χ1) is 9.29. The molecule has 0 radical (unpaired) electrons. The molecule has 0 saturated heterocycles. The van der Waals surface area contributed by atoms with Crippen LogP contribution in [0.3, 0.4) is 0 Å². The molecule has 0 fully saturated rings. The summed E-state index contributed by atoms with van der Waals surface area (Å²) >= 11 is 0. The number of methoxy groups -OCH3 is 1. The summed E-state index contributed by atoms with van der Waals surface area (Å²) in [6.45, 7) is 4.56. The van der Waals surface area contributed by atoms with Crippen molar-refractivity contribution in [3.63, 3.8) is 0 Å². The second kappa shape index (κ2) is 7.51. The van der Waals surface area contributed by atoms with E-state index in [9.17, 15) is 0 Å². The predicted octanol–water partition coefficient (Wildman–Crippen LogP) is 2.57. The highest BCUT2D eigenvalue weighted by atomic mass is 16.5. The summed E-state index contributed by atoms with van der Waals surface area (Å²) in [6.07, 6.45) is 5.24. The number of hydrogen-bond donors (Lipinski definition) is 1. The Morgan fingerprint density at radius 1 is 1.21 bits per heavy atom. The van der Waals surface area contributed by atoms with E-state index in [1.807, 2.05) is 0 Å². The van der Waals surface area contributed by atoms with Gasteiger partial charge in [0.05, 0.1) is 6.61 Å². The highest BCUT2D eigenvalue weighted by Gasteiger charge is 2.11. The molecule has 1 atom stereocenters. The number of nitrogens with one attached hydrogen (secondary N) is 1. The number of rotatable bonds is 7. The van der Waals surface area contributed by atoms with Crippen molar-refractivity contribution >= 4 is 0 Å². The van der Waals surface area contributed by atoms with Crippen LogP contribution >= 0.6 is 0 Å². The van der Waals surface area contributed by atoms with Crippen LogP contribution < -0.4 is 10.1 Å². The van der Waals surface area contributed by atoms with Gasteiger partial charge in [-0.1, -0.05) is 6.07 Å². The van der Waals surface area contributed by atoms with Crippen LogP contribution in [0.1, 0.15) is 30.9 Å². The predicted molar refractivity (Wildman–Crippen MR) is 77.9 cm³/mol. The minimum Gasteiger partial charge on any atom is -0.489 e. The Hall–Kier alpha value is -1.06. The molecule has 1 aromatic rings. The van der Waals surface area contributed by atoms with Crippen LogP contribution in [-0.2, 0) is 17.6 Å². The molecule has 0 saturated carbocycles. The topological polar surface area (TPSA) is 30.5 Å². The van der Waals surface area contributed by atoms with Crippen LogP contribution in [0.15, 0.2) is 18.2 Å². The summed E-state index contributed by atoms with van der Waals surface area (Å²) in [7, 11) is 1.72. The lowest BCUT2D eigenvalue weighted by atomic mass is 9.92. The van der Waals surface area contributed by atoms with Gasteiger partial charge in [0.1, 0.15) is 11.9 Å². The number of fused-ring (bicyclic) bond motifs is 1. The highest BCUT2D eigenvalue weighted by molar-refractivity contribution is 5.37. The smallest absolute Gasteiger partial charge is 0.120 e. The average molecular weight is 263 g/mol. The molecule has 1 N–H and O–H groups in total. The lowest BCUT2D eigenvalue weighted by Crippen LogP contribution is -2.31. The van der Waals surface area contributed by atoms with Crippen LogP contribution in [0.2, 0.25) is 0 Å². The minimum absolute atomic E-state index is 0.179. The monoisotopic (exact) mass is 263 g/mol. The molecule has 2 rings (SSSR count). The largest absolute Gasteiger partial charge is 0.489 e. The summed E-state index contributed by atoms with van der Waals surface area (Å²) in [5.74, 6) is 1.00. The number of aryl methyl sites for hydroxylation is 2. The van der Waals surface area contributed by atoms with E-state index in [0.717, 1.165) is 25.4 Å². The first kappa shape index (κ1) is 14.4. The fourth-order valence-electron chi connectivity index (χ4n) is 2.54. The minimum atomic E-state index is 0.179. The lowest BCUT2D eigenvalue weighted by Gasteiger charge is -2.19. The van der Waals surface area contributed by atoms with E-state index >= 15 is 0 Å². The van der Waals surface area contributed by atoms with Crippen molar-refractivity contribution in [2.45, 2.75) is 38.7 Å². The molecule has 1 aliphatic rings. The Labute approximate surface area is 116 Å². The fourth-order valence-corrected chi connectivity index (χ4v) is 2.54. The van der Waals surface area contributed by atoms with Crippen LogP contribution in [0.25, 0.3) is 0 Å². The van der Waals surface area contributed by atoms with Crippen molar-refractivity contribution in [1.29, 1.82) is 0 Å². The summed E-state index contributed by atoms with van der Waals surface area (Å²) in [5.41, 5.74) is 2.98. The zero-order valence-corrected chi connectivity index (χ0v) is 12.1. The third-order valence-electron chi connectivity index (χ3n) is 3.57. The van der Waals surface area contributed by atoms with Gasteiger partial charge in [-0.05, 0) is 55.9 Å². The Morgan fingerprint density at radius 3 is 2.79 bits per heavy atom. The van der Waals surface area contributed by atoms with Gasteiger partial charge >= 0.3 is 0 Å². The molecule has 3 nitrogen and oxygen atoms in total. The van der Waals surface area contributed by atoms with Gasteiger partial charge < -0.3 is 14.8 Å². The van der Waals surface area contributed by atoms with E-state index in [1.165, 1.54) is 36.8 Å². The van der Waals surface area contributed by atoms with E-state index in [1.54, 1.807) is 7.11 Å². The molecule has 106 valence electrons. The van der Waals surface area contributed by atoms with Crippen LogP contribution in [-0.4, -0.2) is 32.9 Å². The van der Waals surface area contributed by atoms with Crippen molar-refractivity contribution in [1.82, 2.24) is 5.32 Å². The van der Waals surface area contributed by atoms with Gasteiger partial charge in [0.2, 0.25) is 0 Å². The second-order valence-electron chi connectivity index (χ2n) is 5.26. The standard InChI is InChI=1S/C16H25NO2/c1-13(12-17-9-10-18-2)19-16-8-7-14-5-3-4-6-15(14)11-16/h7-8,11,13,17H,3-6,9-10,12H2,1-2H3. The molecule has 19 heavy (non-hydrogen) atoms. The van der Waals surface area contributed by atoms with Crippen LogP contribution in [0.4, 0.5) is 0 Å². The molecule has 1 unspecified atom stereocenters. The van der Waals surface area contributed by atoms with Crippen molar-refractivity contribution in [2.75, 3.05) is 26.8 Å². The van der Waals surface area contributed by atoms with Gasteiger partial charge in [0, 0.05) is 20.2 Å². The van der Waals surface area contributed by atoms with Crippen LogP contribution in [0, 0.1) is 0 Å². The molecule has 0 amide bonds. The van der Waals surface area contributed by atoms with Crippen molar-refractivity contribution < 1.29 is 9.47 Å². The Kier molecular flexibility index (Phi) is 5.67. The third-order valence-corrected chi connectivity index (χ3v) is 3.57. The Morgan fingerprint density at radius 2 is 2.00 bits per heavy atom. The highest BCUT2D eigenvalue weighted by Crippen LogP contribution is 2.25. The molecular formula is C16H25NO2. The Balaban J connectivity index is 1.81. The van der Waals surface area contributed by atoms with Crippen molar-refractivity contribution in [3.8, 4) is 5.75 Å². The normalized spacial score (nSPS) is 15.9. The average Bonchev–Trinajstić information content (AvgIpc) is 2.43. The van der Waals surface area contributed by atoms with Gasteiger partial charge in [-0.2, -0.15) is 0 Å². The Bertz CT molecular complexity index is 392. The van der Waals surface area contributed by atoms with Gasteiger partial charge in [-0.15, -0.1) is 0 Å². The lowest BCUT2D eigenvalue weighted by molar-refractivity contribution is 0.184. The molecule has 3 heteroatoms. The molecule has 0 aliphatic heterocycles. The first-order valence-electron chi connectivity index (χ1n) is 7.27. The van der Waals surface area contributed by atoms with Gasteiger partial charge in [-0.25, -0.2) is 0 Å². The molecule has 1 aromatic carbocycles. The summed E-state index contributed by atoms with van der Waals surface area (Å²) in [4.78, 5) is 0. The third kappa shape index (κ3) is 4.51. The summed E-state index contributed by atoms with van der Waals surface area (Å²) < 4.78 is 11.0. The van der Waals surface area contributed by atoms with Crippen molar-refractivity contribution in [2.24, 2.45) is 0 Å². The molecule has 0 heterocycles. The quantitative estimate of drug-likeness (QED) is 0.767. The zero-order valence-electron chi connectivity index (χ0n) is 12.1. The van der Waals surface area contributed by atoms with E-state index in [2.05, 4.69) is 30.4 Å². The van der Waals surface area contributed by atoms with Gasteiger partial charge in [0.15, 0.2) is 0 Å². The molecule has 0 bridgehead atoms. The van der Waals surface area contributed by atoms with Crippen LogP contribution in [0.5, 0.6) is 5.75 Å². The summed E-state index contributed by atoms with van der Waals surface area (Å²) in [6, 6.07) is 6.56. The maximum absolute atomic E-state index is 5.96. The SMILES string of the molecule is COCCNCC(C)Oc1ccc2c(c1)CCCC2. The second-order valence-corrected chi connectivity index (χ2v) is 5.26. The summed E-state index contributed by atoms with van der Waals surface area (Å²) in [5, 5.41) is 3.32. The zero-order chi connectivity index (χ0) is 13.5. The molecule has 0 aromatic heterocycles. The van der Waals surface area contributed by atoms with Gasteiger partial charge in [0.25, 0.3) is 0 Å². The van der Waals surface area contributed by atoms with Crippen molar-refractivity contribution in [3.05, 3.63) is 29.3 Å². The number of hydrogen-bond acceptors (Lipinski definition) is 3.